The highest BCUT2D eigenvalue weighted by Gasteiger charge is 2.09. The Labute approximate surface area is 93.7 Å². The van der Waals surface area contributed by atoms with Crippen LogP contribution in [0.3, 0.4) is 0 Å². The smallest absolute Gasteiger partial charge is 0.267 e. The van der Waals surface area contributed by atoms with Crippen LogP contribution < -0.4 is 16.8 Å². The number of carbonyl (C=O) groups is 1. The predicted molar refractivity (Wildman–Crippen MR) is 60.9 cm³/mol. The van der Waals surface area contributed by atoms with Gasteiger partial charge < -0.3 is 21.9 Å². The minimum Gasteiger partial charge on any atom is -0.392 e. The first-order valence-corrected chi connectivity index (χ1v) is 4.94. The Morgan fingerprint density at radius 1 is 1.69 bits per heavy atom. The number of amides is 1. The first-order chi connectivity index (χ1) is 7.50. The zero-order chi connectivity index (χ0) is 12.1. The van der Waals surface area contributed by atoms with Crippen LogP contribution in [0.5, 0.6) is 0 Å². The Morgan fingerprint density at radius 2 is 2.38 bits per heavy atom. The molecular formula is C10H16N4O2. The molecule has 1 aromatic rings. The number of pyridine rings is 1. The van der Waals surface area contributed by atoms with Crippen molar-refractivity contribution in [3.8, 4) is 0 Å². The number of hydrogen-bond acceptors (Lipinski definition) is 5. The van der Waals surface area contributed by atoms with E-state index in [2.05, 4.69) is 10.3 Å². The summed E-state index contributed by atoms with van der Waals surface area (Å²) in [5.41, 5.74) is 11.6. The molecular weight excluding hydrogens is 208 g/mol. The minimum absolute atomic E-state index is 0.190. The second kappa shape index (κ2) is 5.43. The number of hydrogen-bond donors (Lipinski definition) is 4. The maximum atomic E-state index is 10.9. The highest BCUT2D eigenvalue weighted by atomic mass is 16.3. The quantitative estimate of drug-likeness (QED) is 0.528. The molecule has 0 aromatic carbocycles. The maximum absolute atomic E-state index is 10.9. The zero-order valence-corrected chi connectivity index (χ0v) is 9.05. The van der Waals surface area contributed by atoms with E-state index in [-0.39, 0.29) is 11.7 Å². The molecule has 2 unspecified atom stereocenters. The standard InChI is InChI=1S/C10H16N4O2/c1-6(15)8(11)5-14-7-2-3-13-9(4-7)10(12)16/h2-4,6,8,15H,5,11H2,1H3,(H2,12,16)(H,13,14). The number of primary amides is 1. The van der Waals surface area contributed by atoms with Crippen LogP contribution in [0.15, 0.2) is 18.3 Å². The Bertz CT molecular complexity index is 368. The topological polar surface area (TPSA) is 114 Å². The van der Waals surface area contributed by atoms with E-state index in [1.165, 1.54) is 12.3 Å². The van der Waals surface area contributed by atoms with Gasteiger partial charge in [-0.3, -0.25) is 9.78 Å². The van der Waals surface area contributed by atoms with Gasteiger partial charge in [-0.2, -0.15) is 0 Å². The molecule has 0 bridgehead atoms. The van der Waals surface area contributed by atoms with Crippen LogP contribution in [0.25, 0.3) is 0 Å². The lowest BCUT2D eigenvalue weighted by atomic mass is 10.2. The largest absolute Gasteiger partial charge is 0.392 e. The number of carbonyl (C=O) groups excluding carboxylic acids is 1. The van der Waals surface area contributed by atoms with Gasteiger partial charge in [0.1, 0.15) is 5.69 Å². The zero-order valence-electron chi connectivity index (χ0n) is 9.05. The second-order valence-corrected chi connectivity index (χ2v) is 3.58. The van der Waals surface area contributed by atoms with E-state index < -0.39 is 12.0 Å². The maximum Gasteiger partial charge on any atom is 0.267 e. The van der Waals surface area contributed by atoms with Crippen LogP contribution >= 0.6 is 0 Å². The van der Waals surface area contributed by atoms with E-state index in [0.717, 1.165) is 0 Å². The number of aromatic nitrogens is 1. The summed E-state index contributed by atoms with van der Waals surface area (Å²) in [4.78, 5) is 14.7. The van der Waals surface area contributed by atoms with Crippen LogP contribution in [0.2, 0.25) is 0 Å². The van der Waals surface area contributed by atoms with Crippen molar-refractivity contribution in [1.82, 2.24) is 4.98 Å². The van der Waals surface area contributed by atoms with Crippen LogP contribution in [0.1, 0.15) is 17.4 Å². The Hall–Kier alpha value is -1.66. The summed E-state index contributed by atoms with van der Waals surface area (Å²) in [6.07, 6.45) is 0.890. The third-order valence-corrected chi connectivity index (χ3v) is 2.17. The molecule has 6 nitrogen and oxygen atoms in total. The monoisotopic (exact) mass is 224 g/mol. The van der Waals surface area contributed by atoms with E-state index in [0.29, 0.717) is 12.2 Å². The third kappa shape index (κ3) is 3.48. The molecule has 0 aliphatic rings. The van der Waals surface area contributed by atoms with Crippen LogP contribution in [0.4, 0.5) is 5.69 Å². The van der Waals surface area contributed by atoms with E-state index in [1.54, 1.807) is 13.0 Å². The average Bonchev–Trinajstić information content (AvgIpc) is 2.26. The van der Waals surface area contributed by atoms with Crippen molar-refractivity contribution < 1.29 is 9.90 Å². The van der Waals surface area contributed by atoms with Gasteiger partial charge in [-0.05, 0) is 19.1 Å². The molecule has 1 rings (SSSR count). The molecule has 0 spiro atoms. The van der Waals surface area contributed by atoms with Crippen molar-refractivity contribution in [3.63, 3.8) is 0 Å². The van der Waals surface area contributed by atoms with Crippen molar-refractivity contribution in [2.24, 2.45) is 11.5 Å². The van der Waals surface area contributed by atoms with Gasteiger partial charge in [-0.1, -0.05) is 0 Å². The highest BCUT2D eigenvalue weighted by molar-refractivity contribution is 5.91. The fourth-order valence-electron chi connectivity index (χ4n) is 1.08. The fourth-order valence-corrected chi connectivity index (χ4v) is 1.08. The van der Waals surface area contributed by atoms with E-state index >= 15 is 0 Å². The summed E-state index contributed by atoms with van der Waals surface area (Å²) in [7, 11) is 0. The van der Waals surface area contributed by atoms with Gasteiger partial charge in [0.25, 0.3) is 5.91 Å². The highest BCUT2D eigenvalue weighted by Crippen LogP contribution is 2.07. The van der Waals surface area contributed by atoms with Crippen LogP contribution in [-0.2, 0) is 0 Å². The third-order valence-electron chi connectivity index (χ3n) is 2.17. The molecule has 6 heteroatoms. The number of anilines is 1. The molecule has 1 aromatic heterocycles. The molecule has 0 fully saturated rings. The second-order valence-electron chi connectivity index (χ2n) is 3.58. The summed E-state index contributed by atoms with van der Waals surface area (Å²) in [5, 5.41) is 12.2. The summed E-state index contributed by atoms with van der Waals surface area (Å²) in [6, 6.07) is 2.86. The summed E-state index contributed by atoms with van der Waals surface area (Å²) in [5.74, 6) is -0.580. The van der Waals surface area contributed by atoms with Crippen molar-refractivity contribution in [1.29, 1.82) is 0 Å². The van der Waals surface area contributed by atoms with Gasteiger partial charge in [-0.25, -0.2) is 0 Å². The molecule has 0 saturated carbocycles. The van der Waals surface area contributed by atoms with Crippen molar-refractivity contribution in [2.45, 2.75) is 19.1 Å². The van der Waals surface area contributed by atoms with Gasteiger partial charge in [-0.15, -0.1) is 0 Å². The normalized spacial score (nSPS) is 14.2. The number of nitrogens with two attached hydrogens (primary N) is 2. The summed E-state index contributed by atoms with van der Waals surface area (Å²) < 4.78 is 0. The van der Waals surface area contributed by atoms with Crippen molar-refractivity contribution >= 4 is 11.6 Å². The number of nitrogens with zero attached hydrogens (tertiary/aromatic N) is 1. The van der Waals surface area contributed by atoms with Crippen molar-refractivity contribution in [3.05, 3.63) is 24.0 Å². The molecule has 0 saturated heterocycles. The Kier molecular flexibility index (Phi) is 4.21. The first-order valence-electron chi connectivity index (χ1n) is 4.94. The lowest BCUT2D eigenvalue weighted by molar-refractivity contribution is 0.0995. The summed E-state index contributed by atoms with van der Waals surface area (Å²) >= 11 is 0. The molecule has 16 heavy (non-hydrogen) atoms. The average molecular weight is 224 g/mol. The van der Waals surface area contributed by atoms with E-state index in [4.69, 9.17) is 11.5 Å². The molecule has 6 N–H and O–H groups in total. The SMILES string of the molecule is CC(O)C(N)CNc1ccnc(C(N)=O)c1. The number of aliphatic hydroxyl groups excluding tert-OH is 1. The Balaban J connectivity index is 2.61. The fraction of sp³-hybridized carbons (Fsp3) is 0.400. The molecule has 1 heterocycles. The van der Waals surface area contributed by atoms with Gasteiger partial charge in [0, 0.05) is 24.5 Å². The number of rotatable bonds is 5. The van der Waals surface area contributed by atoms with Gasteiger partial charge in [0.2, 0.25) is 0 Å². The lowest BCUT2D eigenvalue weighted by Crippen LogP contribution is -2.38. The molecule has 0 aliphatic carbocycles. The van der Waals surface area contributed by atoms with E-state index in [9.17, 15) is 9.90 Å². The Morgan fingerprint density at radius 3 is 2.94 bits per heavy atom. The van der Waals surface area contributed by atoms with Crippen LogP contribution in [0, 0.1) is 0 Å². The van der Waals surface area contributed by atoms with E-state index in [1.807, 2.05) is 0 Å². The molecule has 88 valence electrons. The van der Waals surface area contributed by atoms with Gasteiger partial charge >= 0.3 is 0 Å². The van der Waals surface area contributed by atoms with Gasteiger partial charge in [0.15, 0.2) is 0 Å². The minimum atomic E-state index is -0.593. The lowest BCUT2D eigenvalue weighted by Gasteiger charge is -2.16. The molecule has 0 radical (unpaired) electrons. The molecule has 2 atom stereocenters. The first kappa shape index (κ1) is 12.4. The van der Waals surface area contributed by atoms with Crippen molar-refractivity contribution in [2.75, 3.05) is 11.9 Å². The number of aliphatic hydroxyl groups is 1. The number of nitrogens with one attached hydrogen (secondary N) is 1. The predicted octanol–water partition coefficient (Wildman–Crippen LogP) is -0.699. The molecule has 0 aliphatic heterocycles. The summed E-state index contributed by atoms with van der Waals surface area (Å²) in [6.45, 7) is 2.02. The van der Waals surface area contributed by atoms with Crippen LogP contribution in [-0.4, -0.2) is 34.7 Å². The van der Waals surface area contributed by atoms with Gasteiger partial charge in [0.05, 0.1) is 6.10 Å². The molecule has 1 amide bonds.